The summed E-state index contributed by atoms with van der Waals surface area (Å²) < 4.78 is 5.16. The van der Waals surface area contributed by atoms with Crippen LogP contribution in [0.15, 0.2) is 52.2 Å². The molecule has 1 amide bonds. The monoisotopic (exact) mass is 312 g/mol. The number of aliphatic hydroxyl groups is 1. The topological polar surface area (TPSA) is 70.9 Å². The van der Waals surface area contributed by atoms with Crippen LogP contribution in [0, 0.1) is 0 Å². The van der Waals surface area contributed by atoms with Gasteiger partial charge in [-0.3, -0.25) is 9.79 Å². The Morgan fingerprint density at radius 3 is 3.17 bits per heavy atom. The maximum absolute atomic E-state index is 12.3. The van der Waals surface area contributed by atoms with Gasteiger partial charge in [0.2, 0.25) is 0 Å². The molecule has 0 radical (unpaired) electrons. The van der Waals surface area contributed by atoms with E-state index in [9.17, 15) is 9.90 Å². The minimum Gasteiger partial charge on any atom is -0.507 e. The molecule has 3 rings (SSSR count). The Balaban J connectivity index is 1.70. The van der Waals surface area contributed by atoms with Crippen LogP contribution < -0.4 is 10.1 Å². The van der Waals surface area contributed by atoms with Crippen LogP contribution in [0.4, 0.5) is 0 Å². The molecule has 0 bridgehead atoms. The van der Waals surface area contributed by atoms with Gasteiger partial charge < -0.3 is 15.2 Å². The Bertz CT molecular complexity index is 704. The number of methoxy groups -OCH3 is 1. The second-order valence-electron chi connectivity index (χ2n) is 5.68. The molecule has 1 aliphatic heterocycles. The smallest absolute Gasteiger partial charge is 0.256 e. The average molecular weight is 312 g/mol. The highest BCUT2D eigenvalue weighted by atomic mass is 16.5. The Kier molecular flexibility index (Phi) is 4.46. The number of allylic oxidation sites excluding steroid dienone is 1. The Hall–Kier alpha value is -2.56. The Morgan fingerprint density at radius 1 is 1.48 bits per heavy atom. The summed E-state index contributed by atoms with van der Waals surface area (Å²) in [5, 5.41) is 13.2. The minimum absolute atomic E-state index is 0.00122. The fourth-order valence-electron chi connectivity index (χ4n) is 2.88. The van der Waals surface area contributed by atoms with Crippen molar-refractivity contribution in [1.82, 2.24) is 5.32 Å². The standard InChI is InChI=1S/C18H20N2O3/c1-23-13-6-4-5-12(9-13)10-20-18(22)15-11-19-16-8-3-2-7-14(16)17(15)21/h4-7,9,11,16,21H,2-3,8,10H2,1H3,(H,20,22). The highest BCUT2D eigenvalue weighted by Gasteiger charge is 2.27. The van der Waals surface area contributed by atoms with Gasteiger partial charge in [0.25, 0.3) is 5.91 Å². The molecule has 2 N–H and O–H groups in total. The number of nitrogens with one attached hydrogen (secondary N) is 1. The lowest BCUT2D eigenvalue weighted by molar-refractivity contribution is -0.117. The number of rotatable bonds is 4. The van der Waals surface area contributed by atoms with E-state index in [0.29, 0.717) is 6.54 Å². The molecule has 0 spiro atoms. The van der Waals surface area contributed by atoms with Gasteiger partial charge in [-0.05, 0) is 37.0 Å². The van der Waals surface area contributed by atoms with E-state index in [1.54, 1.807) is 7.11 Å². The van der Waals surface area contributed by atoms with Gasteiger partial charge in [-0.15, -0.1) is 0 Å². The molecule has 120 valence electrons. The molecule has 1 atom stereocenters. The third-order valence-corrected chi connectivity index (χ3v) is 4.15. The van der Waals surface area contributed by atoms with Gasteiger partial charge in [0.15, 0.2) is 0 Å². The lowest BCUT2D eigenvalue weighted by Gasteiger charge is -2.24. The van der Waals surface area contributed by atoms with Crippen molar-refractivity contribution in [1.29, 1.82) is 0 Å². The molecule has 5 heteroatoms. The summed E-state index contributed by atoms with van der Waals surface area (Å²) in [6.07, 6.45) is 6.38. The van der Waals surface area contributed by atoms with E-state index >= 15 is 0 Å². The number of carbonyl (C=O) groups excluding carboxylic acids is 1. The van der Waals surface area contributed by atoms with E-state index in [-0.39, 0.29) is 23.3 Å². The quantitative estimate of drug-likeness (QED) is 0.898. The average Bonchev–Trinajstić information content (AvgIpc) is 2.60. The van der Waals surface area contributed by atoms with Crippen molar-refractivity contribution in [3.63, 3.8) is 0 Å². The second kappa shape index (κ2) is 6.69. The van der Waals surface area contributed by atoms with E-state index in [4.69, 9.17) is 4.74 Å². The second-order valence-corrected chi connectivity index (χ2v) is 5.68. The molecule has 1 aromatic rings. The van der Waals surface area contributed by atoms with Crippen molar-refractivity contribution in [2.24, 2.45) is 4.99 Å². The Morgan fingerprint density at radius 2 is 2.35 bits per heavy atom. The summed E-state index contributed by atoms with van der Waals surface area (Å²) >= 11 is 0. The summed E-state index contributed by atoms with van der Waals surface area (Å²) in [6.45, 7) is 0.364. The molecule has 1 aliphatic carbocycles. The van der Waals surface area contributed by atoms with E-state index in [2.05, 4.69) is 10.3 Å². The molecule has 0 saturated carbocycles. The van der Waals surface area contributed by atoms with E-state index in [0.717, 1.165) is 36.1 Å². The molecule has 0 aromatic heterocycles. The van der Waals surface area contributed by atoms with Gasteiger partial charge in [0.1, 0.15) is 11.5 Å². The zero-order valence-corrected chi connectivity index (χ0v) is 13.1. The summed E-state index contributed by atoms with van der Waals surface area (Å²) in [7, 11) is 1.60. The van der Waals surface area contributed by atoms with Crippen LogP contribution in [0.5, 0.6) is 5.75 Å². The van der Waals surface area contributed by atoms with Crippen LogP contribution in [0.2, 0.25) is 0 Å². The normalized spacial score (nSPS) is 19.9. The number of aliphatic imine (C=N–C) groups is 1. The van der Waals surface area contributed by atoms with Crippen LogP contribution in [0.3, 0.4) is 0 Å². The van der Waals surface area contributed by atoms with Gasteiger partial charge in [-0.2, -0.15) is 0 Å². The number of hydrogen-bond donors (Lipinski definition) is 2. The predicted octanol–water partition coefficient (Wildman–Crippen LogP) is 2.69. The highest BCUT2D eigenvalue weighted by molar-refractivity contribution is 6.13. The third-order valence-electron chi connectivity index (χ3n) is 4.15. The van der Waals surface area contributed by atoms with Crippen molar-refractivity contribution < 1.29 is 14.6 Å². The van der Waals surface area contributed by atoms with Crippen molar-refractivity contribution in [2.45, 2.75) is 31.8 Å². The number of dihydropyridines is 1. The molecular formula is C18H20N2O3. The van der Waals surface area contributed by atoms with Crippen LogP contribution in [-0.2, 0) is 11.3 Å². The third kappa shape index (κ3) is 3.28. The molecule has 23 heavy (non-hydrogen) atoms. The fraction of sp³-hybridized carbons (Fsp3) is 0.333. The number of fused-ring (bicyclic) bond motifs is 1. The molecule has 5 nitrogen and oxygen atoms in total. The first kappa shape index (κ1) is 15.3. The number of benzene rings is 1. The van der Waals surface area contributed by atoms with Crippen molar-refractivity contribution in [3.8, 4) is 5.75 Å². The number of aliphatic hydroxyl groups excluding tert-OH is 1. The zero-order chi connectivity index (χ0) is 16.2. The molecule has 0 fully saturated rings. The maximum Gasteiger partial charge on any atom is 0.256 e. The number of ether oxygens (including phenoxy) is 1. The summed E-state index contributed by atoms with van der Waals surface area (Å²) in [4.78, 5) is 16.7. The summed E-state index contributed by atoms with van der Waals surface area (Å²) in [5.41, 5.74) is 1.95. The summed E-state index contributed by atoms with van der Waals surface area (Å²) in [5.74, 6) is 0.486. The largest absolute Gasteiger partial charge is 0.507 e. The number of carbonyl (C=O) groups is 1. The number of amides is 1. The van der Waals surface area contributed by atoms with E-state index < -0.39 is 0 Å². The van der Waals surface area contributed by atoms with E-state index in [1.807, 2.05) is 30.3 Å². The van der Waals surface area contributed by atoms with Gasteiger partial charge in [0.05, 0.1) is 18.7 Å². The van der Waals surface area contributed by atoms with Crippen LogP contribution in [0.1, 0.15) is 24.8 Å². The van der Waals surface area contributed by atoms with Gasteiger partial charge in [-0.25, -0.2) is 0 Å². The lowest BCUT2D eigenvalue weighted by Crippen LogP contribution is -2.30. The SMILES string of the molecule is COc1cccc(CNC(=O)C2=C(O)C3=CCCCC3N=C2)c1. The summed E-state index contributed by atoms with van der Waals surface area (Å²) in [6, 6.07) is 7.49. The minimum atomic E-state index is -0.320. The lowest BCUT2D eigenvalue weighted by atomic mass is 9.89. The molecule has 1 heterocycles. The number of hydrogen-bond acceptors (Lipinski definition) is 4. The van der Waals surface area contributed by atoms with Gasteiger partial charge in [-0.1, -0.05) is 18.2 Å². The van der Waals surface area contributed by atoms with E-state index in [1.165, 1.54) is 6.21 Å². The Labute approximate surface area is 135 Å². The van der Waals surface area contributed by atoms with Gasteiger partial charge >= 0.3 is 0 Å². The van der Waals surface area contributed by atoms with Crippen molar-refractivity contribution >= 4 is 12.1 Å². The first-order valence-electron chi connectivity index (χ1n) is 7.77. The van der Waals surface area contributed by atoms with Crippen LogP contribution in [-0.4, -0.2) is 30.4 Å². The molecule has 2 aliphatic rings. The van der Waals surface area contributed by atoms with Crippen LogP contribution >= 0.6 is 0 Å². The predicted molar refractivity (Wildman–Crippen MR) is 88.7 cm³/mol. The van der Waals surface area contributed by atoms with Gasteiger partial charge in [0, 0.05) is 18.3 Å². The molecule has 1 unspecified atom stereocenters. The van der Waals surface area contributed by atoms with Crippen molar-refractivity contribution in [3.05, 3.63) is 52.8 Å². The maximum atomic E-state index is 12.3. The van der Waals surface area contributed by atoms with Crippen molar-refractivity contribution in [2.75, 3.05) is 7.11 Å². The molecule has 0 saturated heterocycles. The molecular weight excluding hydrogens is 292 g/mol. The number of nitrogens with zero attached hydrogens (tertiary/aromatic N) is 1. The molecule has 1 aromatic carbocycles. The fourth-order valence-corrected chi connectivity index (χ4v) is 2.88. The first-order chi connectivity index (χ1) is 11.2. The first-order valence-corrected chi connectivity index (χ1v) is 7.77. The zero-order valence-electron chi connectivity index (χ0n) is 13.1. The van der Waals surface area contributed by atoms with Crippen LogP contribution in [0.25, 0.3) is 0 Å². The highest BCUT2D eigenvalue weighted by Crippen LogP contribution is 2.30.